The molecule has 1 N–H and O–H groups in total. The molecule has 2 aromatic rings. The van der Waals surface area contributed by atoms with Crippen LogP contribution in [0.25, 0.3) is 0 Å². The van der Waals surface area contributed by atoms with E-state index in [1.54, 1.807) is 17.2 Å². The summed E-state index contributed by atoms with van der Waals surface area (Å²) in [7, 11) is 0. The normalized spacial score (nSPS) is 14.6. The lowest BCUT2D eigenvalue weighted by molar-refractivity contribution is 0.0302. The number of hydrogen-bond donors (Lipinski definition) is 1. The van der Waals surface area contributed by atoms with E-state index in [4.69, 9.17) is 4.74 Å². The van der Waals surface area contributed by atoms with Crippen molar-refractivity contribution in [2.24, 2.45) is 0 Å². The Balaban J connectivity index is 1.70. The van der Waals surface area contributed by atoms with Crippen LogP contribution in [0.5, 0.6) is 0 Å². The number of hydrogen-bond acceptors (Lipinski definition) is 4. The van der Waals surface area contributed by atoms with Gasteiger partial charge >= 0.3 is 0 Å². The van der Waals surface area contributed by atoms with Crippen LogP contribution < -0.4 is 5.32 Å². The van der Waals surface area contributed by atoms with Crippen molar-refractivity contribution < 1.29 is 9.53 Å². The van der Waals surface area contributed by atoms with Crippen LogP contribution in [0.1, 0.15) is 15.9 Å². The van der Waals surface area contributed by atoms with Crippen molar-refractivity contribution in [2.75, 3.05) is 31.6 Å². The van der Waals surface area contributed by atoms with E-state index in [-0.39, 0.29) is 5.91 Å². The molecule has 120 valence electrons. The monoisotopic (exact) mass is 375 g/mol. The van der Waals surface area contributed by atoms with Crippen molar-refractivity contribution in [1.29, 1.82) is 0 Å². The summed E-state index contributed by atoms with van der Waals surface area (Å²) in [6.07, 6.45) is 1.62. The molecular weight excluding hydrogens is 358 g/mol. The first kappa shape index (κ1) is 16.0. The highest BCUT2D eigenvalue weighted by Crippen LogP contribution is 2.23. The SMILES string of the molecule is Cc1cc(Br)ccc1Nc1ccc(C(=O)N2CCOCC2)cn1. The number of nitrogens with zero attached hydrogens (tertiary/aromatic N) is 2. The molecule has 0 radical (unpaired) electrons. The number of aryl methyl sites for hydroxylation is 1. The zero-order valence-electron chi connectivity index (χ0n) is 12.9. The van der Waals surface area contributed by atoms with E-state index in [9.17, 15) is 4.79 Å². The fraction of sp³-hybridized carbons (Fsp3) is 0.294. The number of amides is 1. The zero-order chi connectivity index (χ0) is 16.2. The van der Waals surface area contributed by atoms with Gasteiger partial charge in [-0.15, -0.1) is 0 Å². The fourth-order valence-electron chi connectivity index (χ4n) is 2.45. The topological polar surface area (TPSA) is 54.5 Å². The molecule has 6 heteroatoms. The predicted octanol–water partition coefficient (Wildman–Crippen LogP) is 3.37. The smallest absolute Gasteiger partial charge is 0.255 e. The summed E-state index contributed by atoms with van der Waals surface area (Å²) < 4.78 is 6.31. The molecule has 1 saturated heterocycles. The molecule has 2 heterocycles. The van der Waals surface area contributed by atoms with Crippen LogP contribution in [0, 0.1) is 6.92 Å². The van der Waals surface area contributed by atoms with E-state index in [1.165, 1.54) is 0 Å². The predicted molar refractivity (Wildman–Crippen MR) is 93.1 cm³/mol. The van der Waals surface area contributed by atoms with Gasteiger partial charge in [0.15, 0.2) is 0 Å². The lowest BCUT2D eigenvalue weighted by Crippen LogP contribution is -2.40. The number of halogens is 1. The van der Waals surface area contributed by atoms with Gasteiger partial charge in [-0.2, -0.15) is 0 Å². The molecule has 1 amide bonds. The fourth-order valence-corrected chi connectivity index (χ4v) is 2.92. The summed E-state index contributed by atoms with van der Waals surface area (Å²) in [5.41, 5.74) is 2.72. The van der Waals surface area contributed by atoms with Gasteiger partial charge in [-0.25, -0.2) is 4.98 Å². The average molecular weight is 376 g/mol. The largest absolute Gasteiger partial charge is 0.378 e. The molecule has 0 saturated carbocycles. The third kappa shape index (κ3) is 3.89. The van der Waals surface area contributed by atoms with Crippen molar-refractivity contribution >= 4 is 33.3 Å². The van der Waals surface area contributed by atoms with Crippen LogP contribution in [0.4, 0.5) is 11.5 Å². The van der Waals surface area contributed by atoms with Gasteiger partial charge in [0.05, 0.1) is 18.8 Å². The van der Waals surface area contributed by atoms with Crippen molar-refractivity contribution in [3.05, 3.63) is 52.1 Å². The van der Waals surface area contributed by atoms with Gasteiger partial charge in [-0.1, -0.05) is 15.9 Å². The third-order valence-corrected chi connectivity index (χ3v) is 4.25. The maximum atomic E-state index is 12.4. The Bertz CT molecular complexity index is 697. The number of nitrogens with one attached hydrogen (secondary N) is 1. The summed E-state index contributed by atoms with van der Waals surface area (Å²) in [6.45, 7) is 4.50. The average Bonchev–Trinajstić information content (AvgIpc) is 2.58. The lowest BCUT2D eigenvalue weighted by atomic mass is 10.2. The number of carbonyl (C=O) groups is 1. The molecule has 3 rings (SSSR count). The Morgan fingerprint density at radius 2 is 2.04 bits per heavy atom. The maximum Gasteiger partial charge on any atom is 0.255 e. The van der Waals surface area contributed by atoms with Gasteiger partial charge in [0.25, 0.3) is 5.91 Å². The van der Waals surface area contributed by atoms with Crippen molar-refractivity contribution in [3.63, 3.8) is 0 Å². The van der Waals surface area contributed by atoms with Gasteiger partial charge in [0.2, 0.25) is 0 Å². The third-order valence-electron chi connectivity index (χ3n) is 3.76. The minimum absolute atomic E-state index is 0.00664. The van der Waals surface area contributed by atoms with E-state index < -0.39 is 0 Å². The minimum atomic E-state index is 0.00664. The first-order valence-electron chi connectivity index (χ1n) is 7.50. The Hall–Kier alpha value is -1.92. The molecule has 0 aliphatic carbocycles. The summed E-state index contributed by atoms with van der Waals surface area (Å²) >= 11 is 3.45. The van der Waals surface area contributed by atoms with Crippen molar-refractivity contribution in [2.45, 2.75) is 6.92 Å². The van der Waals surface area contributed by atoms with E-state index in [1.807, 2.05) is 31.2 Å². The molecule has 23 heavy (non-hydrogen) atoms. The molecule has 1 aromatic carbocycles. The molecular formula is C17H18BrN3O2. The molecule has 0 unspecified atom stereocenters. The van der Waals surface area contributed by atoms with Crippen molar-refractivity contribution in [3.8, 4) is 0 Å². The highest BCUT2D eigenvalue weighted by Gasteiger charge is 2.18. The van der Waals surface area contributed by atoms with Crippen LogP contribution >= 0.6 is 15.9 Å². The van der Waals surface area contributed by atoms with Crippen LogP contribution in [-0.2, 0) is 4.74 Å². The lowest BCUT2D eigenvalue weighted by Gasteiger charge is -2.26. The van der Waals surface area contributed by atoms with Crippen molar-refractivity contribution in [1.82, 2.24) is 9.88 Å². The molecule has 1 aliphatic rings. The van der Waals surface area contributed by atoms with Gasteiger partial charge in [-0.3, -0.25) is 4.79 Å². The summed E-state index contributed by atoms with van der Waals surface area (Å²) in [5, 5.41) is 3.27. The Kier molecular flexibility index (Phi) is 4.93. The van der Waals surface area contributed by atoms with Crippen LogP contribution in [0.3, 0.4) is 0 Å². The first-order chi connectivity index (χ1) is 11.1. The van der Waals surface area contributed by atoms with Crippen LogP contribution in [-0.4, -0.2) is 42.1 Å². The first-order valence-corrected chi connectivity index (χ1v) is 8.29. The molecule has 0 bridgehead atoms. The van der Waals surface area contributed by atoms with Gasteiger partial charge in [0.1, 0.15) is 5.82 Å². The second-order valence-electron chi connectivity index (χ2n) is 5.42. The molecule has 1 aliphatic heterocycles. The number of ether oxygens (including phenoxy) is 1. The quantitative estimate of drug-likeness (QED) is 0.893. The number of morpholine rings is 1. The minimum Gasteiger partial charge on any atom is -0.378 e. The highest BCUT2D eigenvalue weighted by molar-refractivity contribution is 9.10. The maximum absolute atomic E-state index is 12.4. The van der Waals surface area contributed by atoms with Gasteiger partial charge < -0.3 is 15.0 Å². The summed E-state index contributed by atoms with van der Waals surface area (Å²) in [6, 6.07) is 9.65. The summed E-state index contributed by atoms with van der Waals surface area (Å²) in [4.78, 5) is 18.5. The summed E-state index contributed by atoms with van der Waals surface area (Å²) in [5.74, 6) is 0.723. The number of pyridine rings is 1. The van der Waals surface area contributed by atoms with Crippen LogP contribution in [0.15, 0.2) is 41.0 Å². The Morgan fingerprint density at radius 3 is 2.70 bits per heavy atom. The second kappa shape index (κ2) is 7.10. The van der Waals surface area contributed by atoms with Crippen LogP contribution in [0.2, 0.25) is 0 Å². The number of anilines is 2. The van der Waals surface area contributed by atoms with Gasteiger partial charge in [0, 0.05) is 29.4 Å². The number of carbonyl (C=O) groups excluding carboxylic acids is 1. The zero-order valence-corrected chi connectivity index (χ0v) is 14.5. The standard InChI is InChI=1S/C17H18BrN3O2/c1-12-10-14(18)3-4-15(12)20-16-5-2-13(11-19-16)17(22)21-6-8-23-9-7-21/h2-5,10-11H,6-9H2,1H3,(H,19,20). The van der Waals surface area contributed by atoms with E-state index >= 15 is 0 Å². The number of benzene rings is 1. The molecule has 1 fully saturated rings. The van der Waals surface area contributed by atoms with E-state index in [0.29, 0.717) is 37.7 Å². The van der Waals surface area contributed by atoms with E-state index in [2.05, 4.69) is 26.2 Å². The Labute approximate surface area is 143 Å². The van der Waals surface area contributed by atoms with E-state index in [0.717, 1.165) is 15.7 Å². The molecule has 0 atom stereocenters. The molecule has 0 spiro atoms. The van der Waals surface area contributed by atoms with Gasteiger partial charge in [-0.05, 0) is 42.8 Å². The molecule has 5 nitrogen and oxygen atoms in total. The highest BCUT2D eigenvalue weighted by atomic mass is 79.9. The second-order valence-corrected chi connectivity index (χ2v) is 6.34. The number of rotatable bonds is 3. The Morgan fingerprint density at radius 1 is 1.26 bits per heavy atom. The molecule has 1 aromatic heterocycles. The number of aromatic nitrogens is 1.